The summed E-state index contributed by atoms with van der Waals surface area (Å²) < 4.78 is 12.5. The summed E-state index contributed by atoms with van der Waals surface area (Å²) in [5.41, 5.74) is -0.450. The number of ether oxygens (including phenoxy) is 2. The van der Waals surface area contributed by atoms with E-state index in [4.69, 9.17) is 9.47 Å². The third kappa shape index (κ3) is 3.78. The summed E-state index contributed by atoms with van der Waals surface area (Å²) in [4.78, 5) is 41.6. The van der Waals surface area contributed by atoms with E-state index in [1.54, 1.807) is 4.57 Å². The summed E-state index contributed by atoms with van der Waals surface area (Å²) in [6, 6.07) is 0.265. The highest BCUT2D eigenvalue weighted by Gasteiger charge is 2.46. The van der Waals surface area contributed by atoms with Crippen LogP contribution < -0.4 is 10.1 Å². The highest BCUT2D eigenvalue weighted by molar-refractivity contribution is 5.85. The van der Waals surface area contributed by atoms with Gasteiger partial charge in [0.25, 0.3) is 0 Å². The molecule has 12 heteroatoms. The van der Waals surface area contributed by atoms with E-state index in [9.17, 15) is 19.7 Å². The molecular weight excluding hydrogens is 372 g/mol. The predicted molar refractivity (Wildman–Crippen MR) is 93.8 cm³/mol. The van der Waals surface area contributed by atoms with Gasteiger partial charge in [-0.2, -0.15) is 0 Å². The van der Waals surface area contributed by atoms with Crippen LogP contribution in [-0.2, 0) is 16.1 Å². The molecule has 4 heterocycles. The van der Waals surface area contributed by atoms with Crippen molar-refractivity contribution < 1.29 is 24.0 Å². The van der Waals surface area contributed by atoms with Crippen molar-refractivity contribution in [2.45, 2.75) is 25.0 Å². The quantitative estimate of drug-likeness (QED) is 0.314. The molecule has 2 saturated heterocycles. The van der Waals surface area contributed by atoms with Crippen LogP contribution in [0.5, 0.6) is 6.01 Å². The van der Waals surface area contributed by atoms with Crippen LogP contribution in [0.15, 0.2) is 6.20 Å². The molecule has 0 aromatic carbocycles. The molecule has 3 aliphatic heterocycles. The van der Waals surface area contributed by atoms with Gasteiger partial charge in [0, 0.05) is 57.1 Å². The first kappa shape index (κ1) is 18.6. The first-order valence-corrected chi connectivity index (χ1v) is 9.27. The average molecular weight is 394 g/mol. The zero-order valence-corrected chi connectivity index (χ0v) is 15.3. The lowest BCUT2D eigenvalue weighted by Gasteiger charge is -2.37. The molecule has 28 heavy (non-hydrogen) atoms. The Morgan fingerprint density at radius 1 is 1.29 bits per heavy atom. The Kier molecular flexibility index (Phi) is 4.89. The van der Waals surface area contributed by atoms with Crippen LogP contribution in [0.4, 0.5) is 10.6 Å². The van der Waals surface area contributed by atoms with Gasteiger partial charge in [-0.05, 0) is 4.92 Å². The molecule has 2 fully saturated rings. The Morgan fingerprint density at radius 3 is 2.64 bits per heavy atom. The summed E-state index contributed by atoms with van der Waals surface area (Å²) in [5, 5.41) is 13.9. The van der Waals surface area contributed by atoms with Gasteiger partial charge in [0.15, 0.2) is 0 Å². The Morgan fingerprint density at radius 2 is 2.00 bits per heavy atom. The van der Waals surface area contributed by atoms with E-state index in [0.717, 1.165) is 0 Å². The molecule has 1 amide bonds. The minimum Gasteiger partial charge on any atom is -0.437 e. The van der Waals surface area contributed by atoms with Crippen molar-refractivity contribution in [3.05, 3.63) is 16.3 Å². The van der Waals surface area contributed by atoms with E-state index in [1.165, 1.54) is 11.1 Å². The first-order valence-electron chi connectivity index (χ1n) is 9.27. The SMILES string of the molecule is O=C(CN1CCC2(CC1)Cn1cc([N+](=O)[O-])nc1O2)OC(=O)N1CCNCC1. The van der Waals surface area contributed by atoms with Crippen LogP contribution in [-0.4, -0.2) is 87.8 Å². The number of likely N-dealkylation sites (tertiary alicyclic amines) is 1. The van der Waals surface area contributed by atoms with E-state index >= 15 is 0 Å². The van der Waals surface area contributed by atoms with Gasteiger partial charge in [0.2, 0.25) is 0 Å². The van der Waals surface area contributed by atoms with Crippen LogP contribution in [0.1, 0.15) is 12.8 Å². The highest BCUT2D eigenvalue weighted by atomic mass is 16.6. The number of amides is 1. The number of nitrogens with one attached hydrogen (secondary N) is 1. The summed E-state index contributed by atoms with van der Waals surface area (Å²) in [7, 11) is 0. The molecular formula is C16H22N6O6. The maximum absolute atomic E-state index is 12.1. The van der Waals surface area contributed by atoms with Gasteiger partial charge in [-0.25, -0.2) is 4.79 Å². The summed E-state index contributed by atoms with van der Waals surface area (Å²) in [6.45, 7) is 4.20. The average Bonchev–Trinajstić information content (AvgIpc) is 3.20. The second kappa shape index (κ2) is 7.36. The second-order valence-corrected chi connectivity index (χ2v) is 7.30. The van der Waals surface area contributed by atoms with E-state index in [-0.39, 0.29) is 18.4 Å². The van der Waals surface area contributed by atoms with Crippen LogP contribution in [0.2, 0.25) is 0 Å². The number of carbonyl (C=O) groups is 2. The Bertz CT molecular complexity index is 755. The van der Waals surface area contributed by atoms with Crippen molar-refractivity contribution >= 4 is 17.9 Å². The van der Waals surface area contributed by atoms with Crippen molar-refractivity contribution in [1.82, 2.24) is 24.7 Å². The van der Waals surface area contributed by atoms with Crippen molar-refractivity contribution in [1.29, 1.82) is 0 Å². The largest absolute Gasteiger partial charge is 0.437 e. The fourth-order valence-electron chi connectivity index (χ4n) is 3.81. The van der Waals surface area contributed by atoms with Gasteiger partial charge in [0.05, 0.1) is 13.1 Å². The van der Waals surface area contributed by atoms with Gasteiger partial charge in [-0.15, -0.1) is 0 Å². The van der Waals surface area contributed by atoms with E-state index < -0.39 is 22.6 Å². The molecule has 1 spiro atoms. The number of nitro groups is 1. The molecule has 1 N–H and O–H groups in total. The molecule has 0 bridgehead atoms. The van der Waals surface area contributed by atoms with Gasteiger partial charge < -0.3 is 29.8 Å². The smallest absolute Gasteiger partial charge is 0.417 e. The number of carbonyl (C=O) groups excluding carboxylic acids is 2. The molecule has 3 aliphatic rings. The summed E-state index contributed by atoms with van der Waals surface area (Å²) >= 11 is 0. The topological polar surface area (TPSA) is 132 Å². The molecule has 0 unspecified atom stereocenters. The lowest BCUT2D eigenvalue weighted by Crippen LogP contribution is -2.50. The van der Waals surface area contributed by atoms with Crippen LogP contribution >= 0.6 is 0 Å². The number of fused-ring (bicyclic) bond motifs is 1. The van der Waals surface area contributed by atoms with Crippen LogP contribution in [0.3, 0.4) is 0 Å². The molecule has 0 atom stereocenters. The number of hydrogen-bond acceptors (Lipinski definition) is 9. The van der Waals surface area contributed by atoms with E-state index in [1.807, 2.05) is 4.90 Å². The van der Waals surface area contributed by atoms with Crippen LogP contribution in [0.25, 0.3) is 0 Å². The van der Waals surface area contributed by atoms with Crippen molar-refractivity contribution in [2.75, 3.05) is 45.8 Å². The third-order valence-electron chi connectivity index (χ3n) is 5.38. The van der Waals surface area contributed by atoms with E-state index in [2.05, 4.69) is 10.3 Å². The van der Waals surface area contributed by atoms with Crippen molar-refractivity contribution in [2.24, 2.45) is 0 Å². The molecule has 0 saturated carbocycles. The number of nitrogens with zero attached hydrogens (tertiary/aromatic N) is 5. The van der Waals surface area contributed by atoms with Gasteiger partial charge >= 0.3 is 23.9 Å². The van der Waals surface area contributed by atoms with E-state index in [0.29, 0.717) is 58.7 Å². The minimum atomic E-state index is -0.592. The minimum absolute atomic E-state index is 0.0456. The van der Waals surface area contributed by atoms with Crippen LogP contribution in [0, 0.1) is 10.1 Å². The molecule has 1 aromatic rings. The predicted octanol–water partition coefficient (Wildman–Crippen LogP) is -0.413. The first-order chi connectivity index (χ1) is 13.4. The summed E-state index contributed by atoms with van der Waals surface area (Å²) in [6.07, 6.45) is 2.10. The lowest BCUT2D eigenvalue weighted by molar-refractivity contribution is -0.389. The summed E-state index contributed by atoms with van der Waals surface area (Å²) in [5.74, 6) is -0.783. The van der Waals surface area contributed by atoms with Gasteiger partial charge in [-0.1, -0.05) is 0 Å². The number of aromatic nitrogens is 2. The Balaban J connectivity index is 1.24. The fourth-order valence-corrected chi connectivity index (χ4v) is 3.81. The fraction of sp³-hybridized carbons (Fsp3) is 0.688. The lowest BCUT2D eigenvalue weighted by atomic mass is 9.91. The molecule has 1 aromatic heterocycles. The molecule has 12 nitrogen and oxygen atoms in total. The van der Waals surface area contributed by atoms with Gasteiger partial charge in [0.1, 0.15) is 11.8 Å². The number of rotatable bonds is 3. The monoisotopic (exact) mass is 394 g/mol. The number of esters is 1. The molecule has 0 radical (unpaired) electrons. The zero-order chi connectivity index (χ0) is 19.7. The molecule has 4 rings (SSSR count). The number of hydrogen-bond donors (Lipinski definition) is 1. The molecule has 0 aliphatic carbocycles. The zero-order valence-electron chi connectivity index (χ0n) is 15.3. The Hall–Kier alpha value is -2.73. The number of piperidine rings is 1. The normalized spacial score (nSPS) is 21.2. The van der Waals surface area contributed by atoms with Gasteiger partial charge in [-0.3, -0.25) is 14.3 Å². The standard InChI is InChI=1S/C16H22N6O6/c23-13(27-15(24)20-7-3-17-4-8-20)10-19-5-1-16(2-6-19)11-21-9-12(22(25)26)18-14(21)28-16/h9,17H,1-8,10-11H2. The third-order valence-corrected chi connectivity index (χ3v) is 5.38. The van der Waals surface area contributed by atoms with Crippen molar-refractivity contribution in [3.8, 4) is 6.01 Å². The maximum Gasteiger partial charge on any atom is 0.417 e. The maximum atomic E-state index is 12.1. The second-order valence-electron chi connectivity index (χ2n) is 7.30. The van der Waals surface area contributed by atoms with Crippen molar-refractivity contribution in [3.63, 3.8) is 0 Å². The highest BCUT2D eigenvalue weighted by Crippen LogP contribution is 2.37. The number of imidazole rings is 1. The number of piperazine rings is 1. The Labute approximate surface area is 160 Å². The molecule has 152 valence electrons.